The summed E-state index contributed by atoms with van der Waals surface area (Å²) in [6.45, 7) is 2.99. The number of amides is 2. The van der Waals surface area contributed by atoms with E-state index in [-0.39, 0.29) is 11.8 Å². The predicted molar refractivity (Wildman–Crippen MR) is 95.1 cm³/mol. The molecule has 0 radical (unpaired) electrons. The number of hydrogen-bond acceptors (Lipinski definition) is 4. The maximum absolute atomic E-state index is 10.9. The van der Waals surface area contributed by atoms with E-state index in [4.69, 9.17) is 11.5 Å². The quantitative estimate of drug-likeness (QED) is 0.741. The summed E-state index contributed by atoms with van der Waals surface area (Å²) in [5, 5.41) is 2.64. The van der Waals surface area contributed by atoms with Crippen molar-refractivity contribution in [2.75, 3.05) is 28.7 Å². The molecule has 5 N–H and O–H groups in total. The van der Waals surface area contributed by atoms with Gasteiger partial charge in [0.2, 0.25) is 11.8 Å². The standard InChI is InChI=1S/C9H12N2O.C8H10N2O/c1-7(12)11(2)9-5-3-8(10)4-6-9;1-6(11)10-8-4-2-7(9)3-5-8/h3-6H,10H2,1-2H3;2-5H,9H2,1H3,(H,10,11). The van der Waals surface area contributed by atoms with Crippen LogP contribution in [0.25, 0.3) is 0 Å². The zero-order valence-electron chi connectivity index (χ0n) is 13.5. The number of benzene rings is 2. The van der Waals surface area contributed by atoms with Gasteiger partial charge >= 0.3 is 0 Å². The average molecular weight is 314 g/mol. The number of hydrogen-bond donors (Lipinski definition) is 3. The molecule has 0 unspecified atom stereocenters. The number of nitrogens with two attached hydrogens (primary N) is 2. The van der Waals surface area contributed by atoms with Crippen molar-refractivity contribution >= 4 is 34.6 Å². The van der Waals surface area contributed by atoms with Gasteiger partial charge in [-0.25, -0.2) is 0 Å². The van der Waals surface area contributed by atoms with Gasteiger partial charge in [-0.3, -0.25) is 9.59 Å². The van der Waals surface area contributed by atoms with Crippen LogP contribution in [0.15, 0.2) is 48.5 Å². The lowest BCUT2D eigenvalue weighted by molar-refractivity contribution is -0.116. The van der Waals surface area contributed by atoms with Gasteiger partial charge in [0.1, 0.15) is 0 Å². The largest absolute Gasteiger partial charge is 0.399 e. The minimum absolute atomic E-state index is 0.0137. The highest BCUT2D eigenvalue weighted by molar-refractivity contribution is 5.91. The molecule has 0 aliphatic carbocycles. The Labute approximate surface area is 136 Å². The fourth-order valence-corrected chi connectivity index (χ4v) is 1.65. The lowest BCUT2D eigenvalue weighted by Gasteiger charge is -2.14. The Morgan fingerprint density at radius 3 is 1.70 bits per heavy atom. The van der Waals surface area contributed by atoms with Crippen LogP contribution in [0.1, 0.15) is 13.8 Å². The number of rotatable bonds is 2. The number of anilines is 4. The number of carbonyl (C=O) groups is 2. The molecular formula is C17H22N4O2. The molecule has 2 amide bonds. The molecule has 0 saturated heterocycles. The SMILES string of the molecule is CC(=O)N(C)c1ccc(N)cc1.CC(=O)Nc1ccc(N)cc1. The number of carbonyl (C=O) groups excluding carboxylic acids is 2. The molecule has 0 heterocycles. The molecule has 0 aliphatic heterocycles. The highest BCUT2D eigenvalue weighted by Gasteiger charge is 2.03. The van der Waals surface area contributed by atoms with Crippen molar-refractivity contribution in [1.82, 2.24) is 0 Å². The molecule has 2 rings (SSSR count). The fourth-order valence-electron chi connectivity index (χ4n) is 1.65. The molecule has 0 atom stereocenters. The van der Waals surface area contributed by atoms with Crippen LogP contribution in [0.2, 0.25) is 0 Å². The van der Waals surface area contributed by atoms with E-state index in [0.29, 0.717) is 11.4 Å². The highest BCUT2D eigenvalue weighted by Crippen LogP contribution is 2.14. The van der Waals surface area contributed by atoms with E-state index in [9.17, 15) is 9.59 Å². The summed E-state index contributed by atoms with van der Waals surface area (Å²) in [5.74, 6) is -0.0606. The van der Waals surface area contributed by atoms with Crippen LogP contribution < -0.4 is 21.7 Å². The van der Waals surface area contributed by atoms with Gasteiger partial charge in [0.15, 0.2) is 0 Å². The molecule has 0 fully saturated rings. The van der Waals surface area contributed by atoms with Gasteiger partial charge in [0.05, 0.1) is 0 Å². The molecule has 6 nitrogen and oxygen atoms in total. The Morgan fingerprint density at radius 2 is 1.30 bits per heavy atom. The van der Waals surface area contributed by atoms with E-state index in [1.54, 1.807) is 48.3 Å². The zero-order chi connectivity index (χ0) is 17.4. The number of nitrogens with zero attached hydrogens (tertiary/aromatic N) is 1. The second kappa shape index (κ2) is 8.43. The van der Waals surface area contributed by atoms with Crippen molar-refractivity contribution < 1.29 is 9.59 Å². The maximum Gasteiger partial charge on any atom is 0.223 e. The van der Waals surface area contributed by atoms with E-state index in [0.717, 1.165) is 11.4 Å². The summed E-state index contributed by atoms with van der Waals surface area (Å²) in [5.41, 5.74) is 14.0. The summed E-state index contributed by atoms with van der Waals surface area (Å²) >= 11 is 0. The third kappa shape index (κ3) is 6.52. The first-order valence-corrected chi connectivity index (χ1v) is 7.02. The fraction of sp³-hybridized carbons (Fsp3) is 0.176. The second-order valence-electron chi connectivity index (χ2n) is 4.97. The molecule has 2 aromatic rings. The van der Waals surface area contributed by atoms with Gasteiger partial charge in [-0.2, -0.15) is 0 Å². The first-order valence-electron chi connectivity index (χ1n) is 7.02. The first kappa shape index (κ1) is 18.0. The molecule has 0 aliphatic rings. The van der Waals surface area contributed by atoms with Gasteiger partial charge in [-0.1, -0.05) is 0 Å². The van der Waals surface area contributed by atoms with E-state index < -0.39 is 0 Å². The van der Waals surface area contributed by atoms with Gasteiger partial charge < -0.3 is 21.7 Å². The minimum Gasteiger partial charge on any atom is -0.399 e. The van der Waals surface area contributed by atoms with Gasteiger partial charge in [-0.15, -0.1) is 0 Å². The van der Waals surface area contributed by atoms with Crippen LogP contribution in [-0.2, 0) is 9.59 Å². The van der Waals surface area contributed by atoms with Gasteiger partial charge in [0.25, 0.3) is 0 Å². The van der Waals surface area contributed by atoms with Crippen molar-refractivity contribution in [3.8, 4) is 0 Å². The molecular weight excluding hydrogens is 292 g/mol. The predicted octanol–water partition coefficient (Wildman–Crippen LogP) is 2.48. The van der Waals surface area contributed by atoms with Gasteiger partial charge in [0, 0.05) is 43.6 Å². The topological polar surface area (TPSA) is 101 Å². The number of nitrogens with one attached hydrogen (secondary N) is 1. The Bertz CT molecular complexity index is 651. The monoisotopic (exact) mass is 314 g/mol. The van der Waals surface area contributed by atoms with Crippen LogP contribution in [0, 0.1) is 0 Å². The smallest absolute Gasteiger partial charge is 0.223 e. The summed E-state index contributed by atoms with van der Waals surface area (Å²) in [7, 11) is 1.73. The van der Waals surface area contributed by atoms with Crippen molar-refractivity contribution in [3.63, 3.8) is 0 Å². The highest BCUT2D eigenvalue weighted by atomic mass is 16.2. The summed E-state index contributed by atoms with van der Waals surface area (Å²) < 4.78 is 0. The van der Waals surface area contributed by atoms with Crippen molar-refractivity contribution in [3.05, 3.63) is 48.5 Å². The van der Waals surface area contributed by atoms with Crippen molar-refractivity contribution in [2.24, 2.45) is 0 Å². The lowest BCUT2D eigenvalue weighted by Crippen LogP contribution is -2.22. The van der Waals surface area contributed by atoms with Gasteiger partial charge in [-0.05, 0) is 48.5 Å². The Balaban J connectivity index is 0.000000231. The normalized spacial score (nSPS) is 9.35. The minimum atomic E-state index is -0.0743. The van der Waals surface area contributed by atoms with E-state index >= 15 is 0 Å². The van der Waals surface area contributed by atoms with E-state index in [1.165, 1.54) is 13.8 Å². The van der Waals surface area contributed by atoms with Crippen LogP contribution in [0.4, 0.5) is 22.7 Å². The zero-order valence-corrected chi connectivity index (χ0v) is 13.5. The van der Waals surface area contributed by atoms with Crippen LogP contribution in [-0.4, -0.2) is 18.9 Å². The molecule has 0 aromatic heterocycles. The maximum atomic E-state index is 10.9. The number of nitrogen functional groups attached to an aromatic ring is 2. The van der Waals surface area contributed by atoms with Crippen LogP contribution in [0.3, 0.4) is 0 Å². The van der Waals surface area contributed by atoms with Crippen LogP contribution in [0.5, 0.6) is 0 Å². The Kier molecular flexibility index (Phi) is 6.61. The average Bonchev–Trinajstić information content (AvgIpc) is 2.50. The molecule has 0 spiro atoms. The molecule has 2 aromatic carbocycles. The molecule has 23 heavy (non-hydrogen) atoms. The summed E-state index contributed by atoms with van der Waals surface area (Å²) in [6.07, 6.45) is 0. The Morgan fingerprint density at radius 1 is 0.870 bits per heavy atom. The third-order valence-electron chi connectivity index (χ3n) is 2.98. The Hall–Kier alpha value is -3.02. The van der Waals surface area contributed by atoms with Crippen molar-refractivity contribution in [2.45, 2.75) is 13.8 Å². The first-order chi connectivity index (χ1) is 10.8. The summed E-state index contributed by atoms with van der Waals surface area (Å²) in [6, 6.07) is 14.2. The lowest BCUT2D eigenvalue weighted by atomic mass is 10.2. The molecule has 6 heteroatoms. The van der Waals surface area contributed by atoms with Crippen molar-refractivity contribution in [1.29, 1.82) is 0 Å². The van der Waals surface area contributed by atoms with Crippen LogP contribution >= 0.6 is 0 Å². The summed E-state index contributed by atoms with van der Waals surface area (Å²) in [4.78, 5) is 23.0. The molecule has 0 saturated carbocycles. The van der Waals surface area contributed by atoms with E-state index in [1.807, 2.05) is 12.1 Å². The third-order valence-corrected chi connectivity index (χ3v) is 2.98. The van der Waals surface area contributed by atoms with E-state index in [2.05, 4.69) is 5.32 Å². The second-order valence-corrected chi connectivity index (χ2v) is 4.97. The molecule has 0 bridgehead atoms. The molecule has 122 valence electrons.